The maximum atomic E-state index is 14.4. The van der Waals surface area contributed by atoms with Crippen LogP contribution in [0, 0.1) is 17.8 Å². The van der Waals surface area contributed by atoms with Crippen molar-refractivity contribution in [3.05, 3.63) is 71.2 Å². The quantitative estimate of drug-likeness (QED) is 0.386. The van der Waals surface area contributed by atoms with Gasteiger partial charge in [-0.15, -0.1) is 5.69 Å². The first kappa shape index (κ1) is 32.9. The van der Waals surface area contributed by atoms with Crippen molar-refractivity contribution < 1.29 is 69.0 Å². The summed E-state index contributed by atoms with van der Waals surface area (Å²) in [6, 6.07) is 15.1. The Morgan fingerprint density at radius 3 is 2.17 bits per heavy atom. The zero-order valence-corrected chi connectivity index (χ0v) is 27.4. The van der Waals surface area contributed by atoms with Gasteiger partial charge in [0.15, 0.2) is 0 Å². The summed E-state index contributed by atoms with van der Waals surface area (Å²) in [7, 11) is 0. The first-order chi connectivity index (χ1) is 18.5. The van der Waals surface area contributed by atoms with E-state index in [4.69, 9.17) is 4.42 Å². The standard InChI is InChI=1S/C27H33FN5O.C3H6F2.K/c1-19-14-20(2)18-33(17-19)27-31-26(28)24(34-27)16-29-23-8-9-25(30-15-23)32-12-10-22(11-13-32)21-6-4-3-5-7-21;1-3(2,4)5;/h3-9,15,19-20,22H,10-14,16-18H2,1-2H3;1-2H3;/q-1;;+1. The number of oxazole rings is 1. The summed E-state index contributed by atoms with van der Waals surface area (Å²) in [6.07, 6.45) is 5.18. The number of hydrogen-bond donors (Lipinski definition) is 0. The van der Waals surface area contributed by atoms with E-state index in [0.717, 1.165) is 58.7 Å². The molecule has 2 aromatic heterocycles. The summed E-state index contributed by atoms with van der Waals surface area (Å²) in [4.78, 5) is 13.0. The second-order valence-electron chi connectivity index (χ2n) is 11.3. The number of halogens is 3. The zero-order valence-electron chi connectivity index (χ0n) is 24.3. The third-order valence-corrected chi connectivity index (χ3v) is 7.01. The topological polar surface area (TPSA) is 59.5 Å². The Bertz CT molecular complexity index is 1150. The van der Waals surface area contributed by atoms with Crippen molar-refractivity contribution >= 4 is 17.5 Å². The number of aromatic nitrogens is 2. The van der Waals surface area contributed by atoms with E-state index >= 15 is 0 Å². The van der Waals surface area contributed by atoms with Gasteiger partial charge in [0, 0.05) is 32.4 Å². The summed E-state index contributed by atoms with van der Waals surface area (Å²) in [6.45, 7) is 9.90. The Morgan fingerprint density at radius 1 is 0.975 bits per heavy atom. The Labute approximate surface area is 278 Å². The molecule has 1 aromatic carbocycles. The van der Waals surface area contributed by atoms with Gasteiger partial charge in [-0.2, -0.15) is 9.37 Å². The van der Waals surface area contributed by atoms with E-state index in [1.165, 1.54) is 12.0 Å². The van der Waals surface area contributed by atoms with Crippen LogP contribution in [0.5, 0.6) is 0 Å². The largest absolute Gasteiger partial charge is 1.00 e. The summed E-state index contributed by atoms with van der Waals surface area (Å²) >= 11 is 0. The summed E-state index contributed by atoms with van der Waals surface area (Å²) < 4.78 is 42.2. The van der Waals surface area contributed by atoms with Crippen LogP contribution in [0.25, 0.3) is 5.32 Å². The fourth-order valence-corrected chi connectivity index (χ4v) is 5.36. The SMILES string of the molecule is CC(C)(F)F.CC1CC(C)CN(c2nc(F)c(C[N-]c3ccc(N4CCC(c5ccccc5)CC4)nc3)o2)C1.[K+]. The maximum Gasteiger partial charge on any atom is 1.00 e. The fourth-order valence-electron chi connectivity index (χ4n) is 5.36. The van der Waals surface area contributed by atoms with Crippen molar-refractivity contribution in [3.8, 4) is 0 Å². The van der Waals surface area contributed by atoms with Crippen LogP contribution in [0.3, 0.4) is 0 Å². The number of rotatable bonds is 6. The number of hydrogen-bond acceptors (Lipinski definition) is 5. The van der Waals surface area contributed by atoms with Gasteiger partial charge in [0.05, 0.1) is 0 Å². The number of piperidine rings is 2. The molecule has 0 bridgehead atoms. The molecule has 2 unspecified atom stereocenters. The van der Waals surface area contributed by atoms with E-state index in [-0.39, 0.29) is 63.7 Å². The molecule has 4 heterocycles. The molecule has 2 fully saturated rings. The Hall–Kier alpha value is -1.59. The summed E-state index contributed by atoms with van der Waals surface area (Å²) in [5.41, 5.74) is 2.14. The van der Waals surface area contributed by atoms with E-state index in [0.29, 0.717) is 29.5 Å². The van der Waals surface area contributed by atoms with Crippen molar-refractivity contribution in [3.63, 3.8) is 0 Å². The van der Waals surface area contributed by atoms with Crippen molar-refractivity contribution in [1.82, 2.24) is 9.97 Å². The monoisotopic (exact) mass is 581 g/mol. The van der Waals surface area contributed by atoms with E-state index in [2.05, 4.69) is 64.4 Å². The normalized spacial score (nSPS) is 19.9. The Balaban J connectivity index is 0.000000677. The molecule has 212 valence electrons. The minimum atomic E-state index is -2.50. The molecule has 2 atom stereocenters. The van der Waals surface area contributed by atoms with Crippen LogP contribution in [0.15, 0.2) is 53.1 Å². The molecule has 0 N–H and O–H groups in total. The second-order valence-corrected chi connectivity index (χ2v) is 11.3. The number of benzene rings is 1. The van der Waals surface area contributed by atoms with E-state index in [9.17, 15) is 13.2 Å². The minimum Gasteiger partial charge on any atom is -0.677 e. The van der Waals surface area contributed by atoms with Gasteiger partial charge in [-0.25, -0.2) is 13.8 Å². The summed E-state index contributed by atoms with van der Waals surface area (Å²) in [5, 5.41) is 4.49. The van der Waals surface area contributed by atoms with Gasteiger partial charge >= 0.3 is 51.4 Å². The van der Waals surface area contributed by atoms with Crippen LogP contribution < -0.4 is 61.2 Å². The van der Waals surface area contributed by atoms with Crippen molar-refractivity contribution in [2.75, 3.05) is 36.0 Å². The molecule has 0 radical (unpaired) electrons. The van der Waals surface area contributed by atoms with Crippen LogP contribution in [0.1, 0.15) is 64.2 Å². The molecule has 0 spiro atoms. The molecule has 3 aromatic rings. The average Bonchev–Trinajstić information content (AvgIpc) is 3.27. The van der Waals surface area contributed by atoms with Gasteiger partial charge in [-0.05, 0) is 62.5 Å². The number of pyridine rings is 1. The van der Waals surface area contributed by atoms with Gasteiger partial charge < -0.3 is 19.5 Å². The van der Waals surface area contributed by atoms with Gasteiger partial charge in [-0.3, -0.25) is 0 Å². The number of anilines is 2. The predicted molar refractivity (Wildman–Crippen MR) is 150 cm³/mol. The van der Waals surface area contributed by atoms with Crippen LogP contribution >= 0.6 is 0 Å². The number of alkyl halides is 2. The third kappa shape index (κ3) is 10.0. The van der Waals surface area contributed by atoms with Crippen molar-refractivity contribution in [2.45, 2.75) is 65.3 Å². The van der Waals surface area contributed by atoms with E-state index in [1.807, 2.05) is 17.0 Å². The third-order valence-electron chi connectivity index (χ3n) is 7.01. The first-order valence-electron chi connectivity index (χ1n) is 13.8. The molecule has 0 aliphatic carbocycles. The molecular formula is C30H39F3KN5O. The molecule has 0 amide bonds. The summed E-state index contributed by atoms with van der Waals surface area (Å²) in [5.74, 6) is -0.235. The predicted octanol–water partition coefficient (Wildman–Crippen LogP) is 4.95. The molecular weight excluding hydrogens is 542 g/mol. The Morgan fingerprint density at radius 2 is 1.60 bits per heavy atom. The molecule has 0 saturated carbocycles. The van der Waals surface area contributed by atoms with Crippen LogP contribution in [0.4, 0.5) is 30.7 Å². The zero-order chi connectivity index (χ0) is 28.0. The van der Waals surface area contributed by atoms with E-state index in [1.54, 1.807) is 6.20 Å². The first-order valence-corrected chi connectivity index (χ1v) is 13.8. The molecule has 5 rings (SSSR count). The molecule has 2 aliphatic heterocycles. The number of nitrogens with zero attached hydrogens (tertiary/aromatic N) is 5. The molecule has 2 saturated heterocycles. The smallest absolute Gasteiger partial charge is 0.677 e. The van der Waals surface area contributed by atoms with Crippen molar-refractivity contribution in [2.24, 2.45) is 11.8 Å². The van der Waals surface area contributed by atoms with Gasteiger partial charge in [0.1, 0.15) is 11.6 Å². The van der Waals surface area contributed by atoms with Gasteiger partial charge in [-0.1, -0.05) is 56.8 Å². The van der Waals surface area contributed by atoms with Gasteiger partial charge in [0.2, 0.25) is 5.92 Å². The molecule has 10 heteroatoms. The molecule has 6 nitrogen and oxygen atoms in total. The maximum absolute atomic E-state index is 14.4. The minimum absolute atomic E-state index is 0. The van der Waals surface area contributed by atoms with Crippen LogP contribution in [-0.2, 0) is 6.54 Å². The van der Waals surface area contributed by atoms with Crippen LogP contribution in [0.2, 0.25) is 0 Å². The van der Waals surface area contributed by atoms with Gasteiger partial charge in [0.25, 0.3) is 12.0 Å². The van der Waals surface area contributed by atoms with Crippen molar-refractivity contribution in [1.29, 1.82) is 0 Å². The molecule has 2 aliphatic rings. The second kappa shape index (κ2) is 15.0. The molecule has 40 heavy (non-hydrogen) atoms. The Kier molecular flexibility index (Phi) is 12.4. The average molecular weight is 582 g/mol. The van der Waals surface area contributed by atoms with Crippen LogP contribution in [-0.4, -0.2) is 42.1 Å². The fraction of sp³-hybridized carbons (Fsp3) is 0.533. The van der Waals surface area contributed by atoms with E-state index < -0.39 is 11.9 Å².